The van der Waals surface area contributed by atoms with Crippen molar-refractivity contribution in [2.45, 2.75) is 0 Å². The van der Waals surface area contributed by atoms with Gasteiger partial charge in [-0.1, -0.05) is 0 Å². The second-order valence-corrected chi connectivity index (χ2v) is 3.81. The highest BCUT2D eigenvalue weighted by atomic mass is 14.7. The molecule has 1 aromatic carbocycles. The van der Waals surface area contributed by atoms with E-state index in [1.807, 2.05) is 36.5 Å². The van der Waals surface area contributed by atoms with Crippen LogP contribution in [0, 0.1) is 11.3 Å². The minimum atomic E-state index is 0.670. The molecule has 0 spiro atoms. The van der Waals surface area contributed by atoms with Crippen LogP contribution < -0.4 is 0 Å². The lowest BCUT2D eigenvalue weighted by Crippen LogP contribution is -1.84. The number of benzene rings is 1. The number of nitrogens with one attached hydrogen (secondary N) is 1. The summed E-state index contributed by atoms with van der Waals surface area (Å²) in [5, 5.41) is 10.1. The molecule has 0 saturated carbocycles. The lowest BCUT2D eigenvalue weighted by molar-refractivity contribution is 1.33. The van der Waals surface area contributed by atoms with Crippen LogP contribution in [0.15, 0.2) is 48.9 Å². The zero-order valence-electron chi connectivity index (χ0n) is 9.01. The Morgan fingerprint density at radius 1 is 1.12 bits per heavy atom. The molecule has 1 N–H and O–H groups in total. The highest BCUT2D eigenvalue weighted by Crippen LogP contribution is 2.28. The lowest BCUT2D eigenvalue weighted by atomic mass is 10.0. The third kappa shape index (κ3) is 1.56. The van der Waals surface area contributed by atoms with E-state index >= 15 is 0 Å². The van der Waals surface area contributed by atoms with E-state index < -0.39 is 0 Å². The molecule has 0 radical (unpaired) electrons. The summed E-state index contributed by atoms with van der Waals surface area (Å²) in [6.45, 7) is 0. The van der Waals surface area contributed by atoms with Crippen molar-refractivity contribution in [3.05, 3.63) is 54.5 Å². The van der Waals surface area contributed by atoms with Crippen molar-refractivity contribution in [2.24, 2.45) is 0 Å². The van der Waals surface area contributed by atoms with Gasteiger partial charge >= 0.3 is 0 Å². The van der Waals surface area contributed by atoms with Gasteiger partial charge in [-0.05, 0) is 35.9 Å². The molecule has 3 heteroatoms. The Morgan fingerprint density at radius 2 is 1.94 bits per heavy atom. The first-order chi connectivity index (χ1) is 8.38. The van der Waals surface area contributed by atoms with Gasteiger partial charge in [0, 0.05) is 29.5 Å². The van der Waals surface area contributed by atoms with Crippen LogP contribution in [0.5, 0.6) is 0 Å². The van der Waals surface area contributed by atoms with Crippen molar-refractivity contribution >= 4 is 10.9 Å². The molecule has 0 aliphatic heterocycles. The molecule has 80 valence electrons. The van der Waals surface area contributed by atoms with Gasteiger partial charge in [0.25, 0.3) is 0 Å². The number of pyridine rings is 1. The summed E-state index contributed by atoms with van der Waals surface area (Å²) in [6.07, 6.45) is 5.39. The fourth-order valence-electron chi connectivity index (χ4n) is 2.00. The Labute approximate surface area is 98.4 Å². The summed E-state index contributed by atoms with van der Waals surface area (Å²) in [4.78, 5) is 7.21. The zero-order valence-corrected chi connectivity index (χ0v) is 9.01. The number of fused-ring (bicyclic) bond motifs is 1. The molecule has 3 nitrogen and oxygen atoms in total. The highest BCUT2D eigenvalue weighted by molar-refractivity contribution is 5.95. The third-order valence-corrected chi connectivity index (χ3v) is 2.78. The summed E-state index contributed by atoms with van der Waals surface area (Å²) in [5.74, 6) is 0. The zero-order chi connectivity index (χ0) is 11.7. The van der Waals surface area contributed by atoms with Crippen LogP contribution in [-0.4, -0.2) is 9.97 Å². The second kappa shape index (κ2) is 3.76. The molecule has 3 rings (SSSR count). The standard InChI is InChI=1S/C14H9N3/c15-9-10-7-12-3-6-17-14(12)13(8-10)11-1-4-16-5-2-11/h1-8,17H. The van der Waals surface area contributed by atoms with E-state index in [9.17, 15) is 0 Å². The maximum absolute atomic E-state index is 9.03. The fraction of sp³-hybridized carbons (Fsp3) is 0. The van der Waals surface area contributed by atoms with E-state index in [2.05, 4.69) is 16.0 Å². The minimum absolute atomic E-state index is 0.670. The summed E-state index contributed by atoms with van der Waals surface area (Å²) >= 11 is 0. The molecule has 2 aromatic heterocycles. The average Bonchev–Trinajstić information content (AvgIpc) is 2.86. The van der Waals surface area contributed by atoms with Crippen LogP contribution in [-0.2, 0) is 0 Å². The fourth-order valence-corrected chi connectivity index (χ4v) is 2.00. The van der Waals surface area contributed by atoms with E-state index in [4.69, 9.17) is 5.26 Å². The van der Waals surface area contributed by atoms with Gasteiger partial charge < -0.3 is 4.98 Å². The number of nitrogens with zero attached hydrogens (tertiary/aromatic N) is 2. The summed E-state index contributed by atoms with van der Waals surface area (Å²) in [6, 6.07) is 11.8. The van der Waals surface area contributed by atoms with Gasteiger partial charge in [-0.2, -0.15) is 5.26 Å². The Balaban J connectivity index is 2.35. The maximum atomic E-state index is 9.03. The molecule has 3 aromatic rings. The first-order valence-electron chi connectivity index (χ1n) is 5.30. The molecular weight excluding hydrogens is 210 g/mol. The van der Waals surface area contributed by atoms with Crippen molar-refractivity contribution in [3.63, 3.8) is 0 Å². The number of nitriles is 1. The van der Waals surface area contributed by atoms with E-state index in [1.165, 1.54) is 0 Å². The first-order valence-corrected chi connectivity index (χ1v) is 5.30. The van der Waals surface area contributed by atoms with Gasteiger partial charge in [-0.25, -0.2) is 0 Å². The predicted octanol–water partition coefficient (Wildman–Crippen LogP) is 3.10. The number of aromatic amines is 1. The Hall–Kier alpha value is -2.60. The van der Waals surface area contributed by atoms with Crippen LogP contribution in [0.1, 0.15) is 5.56 Å². The maximum Gasteiger partial charge on any atom is 0.0992 e. The number of hydrogen-bond acceptors (Lipinski definition) is 2. The third-order valence-electron chi connectivity index (χ3n) is 2.78. The van der Waals surface area contributed by atoms with Crippen molar-refractivity contribution in [2.75, 3.05) is 0 Å². The van der Waals surface area contributed by atoms with Crippen LogP contribution in [0.3, 0.4) is 0 Å². The largest absolute Gasteiger partial charge is 0.361 e. The van der Waals surface area contributed by atoms with Crippen LogP contribution in [0.25, 0.3) is 22.0 Å². The smallest absolute Gasteiger partial charge is 0.0992 e. The van der Waals surface area contributed by atoms with E-state index in [1.54, 1.807) is 12.4 Å². The normalized spacial score (nSPS) is 10.3. The molecule has 0 aliphatic rings. The molecule has 2 heterocycles. The van der Waals surface area contributed by atoms with E-state index in [-0.39, 0.29) is 0 Å². The van der Waals surface area contributed by atoms with Crippen LogP contribution in [0.4, 0.5) is 0 Å². The second-order valence-electron chi connectivity index (χ2n) is 3.81. The topological polar surface area (TPSA) is 52.5 Å². The lowest BCUT2D eigenvalue weighted by Gasteiger charge is -2.04. The summed E-state index contributed by atoms with van der Waals surface area (Å²) < 4.78 is 0. The van der Waals surface area contributed by atoms with E-state index in [0.29, 0.717) is 5.56 Å². The van der Waals surface area contributed by atoms with Crippen molar-refractivity contribution in [1.82, 2.24) is 9.97 Å². The van der Waals surface area contributed by atoms with Crippen molar-refractivity contribution in [3.8, 4) is 17.2 Å². The van der Waals surface area contributed by atoms with Crippen LogP contribution >= 0.6 is 0 Å². The minimum Gasteiger partial charge on any atom is -0.361 e. The number of hydrogen-bond donors (Lipinski definition) is 1. The highest BCUT2D eigenvalue weighted by Gasteiger charge is 2.06. The Morgan fingerprint density at radius 3 is 2.71 bits per heavy atom. The van der Waals surface area contributed by atoms with Gasteiger partial charge in [0.2, 0.25) is 0 Å². The van der Waals surface area contributed by atoms with Crippen molar-refractivity contribution in [1.29, 1.82) is 5.26 Å². The predicted molar refractivity (Wildman–Crippen MR) is 66.2 cm³/mol. The van der Waals surface area contributed by atoms with Crippen LogP contribution in [0.2, 0.25) is 0 Å². The monoisotopic (exact) mass is 219 g/mol. The number of rotatable bonds is 1. The van der Waals surface area contributed by atoms with E-state index in [0.717, 1.165) is 22.0 Å². The van der Waals surface area contributed by atoms with Gasteiger partial charge in [0.05, 0.1) is 17.1 Å². The quantitative estimate of drug-likeness (QED) is 0.683. The number of aromatic nitrogens is 2. The van der Waals surface area contributed by atoms with Gasteiger partial charge in [0.15, 0.2) is 0 Å². The molecule has 0 aliphatic carbocycles. The first kappa shape index (κ1) is 9.61. The molecule has 0 bridgehead atoms. The summed E-state index contributed by atoms with van der Waals surface area (Å²) in [7, 11) is 0. The average molecular weight is 219 g/mol. The van der Waals surface area contributed by atoms with Gasteiger partial charge in [-0.3, -0.25) is 4.98 Å². The SMILES string of the molecule is N#Cc1cc(-c2ccncc2)c2[nH]ccc2c1. The molecule has 0 unspecified atom stereocenters. The molecule has 0 amide bonds. The molecule has 0 saturated heterocycles. The molecular formula is C14H9N3. The van der Waals surface area contributed by atoms with Gasteiger partial charge in [0.1, 0.15) is 0 Å². The van der Waals surface area contributed by atoms with Crippen molar-refractivity contribution < 1.29 is 0 Å². The molecule has 0 atom stereocenters. The Bertz CT molecular complexity index is 705. The molecule has 17 heavy (non-hydrogen) atoms. The van der Waals surface area contributed by atoms with Gasteiger partial charge in [-0.15, -0.1) is 0 Å². The molecule has 0 fully saturated rings. The summed E-state index contributed by atoms with van der Waals surface area (Å²) in [5.41, 5.74) is 3.81. The Kier molecular flexibility index (Phi) is 2.13. The number of H-pyrrole nitrogens is 1.